The molecule has 0 amide bonds. The Kier molecular flexibility index (Phi) is 4.32. The normalized spacial score (nSPS) is 11.5. The van der Waals surface area contributed by atoms with Gasteiger partial charge in [-0.15, -0.1) is 0 Å². The maximum Gasteiger partial charge on any atom is 0.126 e. The third-order valence-corrected chi connectivity index (χ3v) is 4.22. The lowest BCUT2D eigenvalue weighted by Gasteiger charge is -2.03. The number of aromatic amines is 1. The fraction of sp³-hybridized carbons (Fsp3) is 0.0455. The average Bonchev–Trinajstić information content (AvgIpc) is 3.02. The molecular formula is C22H16F2N2. The maximum absolute atomic E-state index is 13.4. The Morgan fingerprint density at radius 3 is 2.35 bits per heavy atom. The zero-order valence-corrected chi connectivity index (χ0v) is 13.9. The minimum atomic E-state index is -0.559. The Morgan fingerprint density at radius 1 is 0.808 bits per heavy atom. The minimum Gasteiger partial charge on any atom is -0.277 e. The van der Waals surface area contributed by atoms with Crippen LogP contribution in [0.25, 0.3) is 23.1 Å². The van der Waals surface area contributed by atoms with E-state index in [1.807, 2.05) is 60.7 Å². The van der Waals surface area contributed by atoms with Gasteiger partial charge in [-0.1, -0.05) is 42.5 Å². The van der Waals surface area contributed by atoms with Crippen molar-refractivity contribution < 1.29 is 8.78 Å². The van der Waals surface area contributed by atoms with Gasteiger partial charge in [0.25, 0.3) is 0 Å². The van der Waals surface area contributed by atoms with Crippen LogP contribution in [-0.2, 0) is 6.42 Å². The number of aromatic nitrogens is 2. The number of H-pyrrole nitrogens is 1. The van der Waals surface area contributed by atoms with Crippen LogP contribution in [0.2, 0.25) is 0 Å². The SMILES string of the molecule is Fc1cc(F)cc(Cc2ccc3[nH]nc(/C=C/c4ccccc4)c3c2)c1. The molecule has 4 heteroatoms. The molecule has 0 fully saturated rings. The van der Waals surface area contributed by atoms with Crippen molar-refractivity contribution in [2.24, 2.45) is 0 Å². The quantitative estimate of drug-likeness (QED) is 0.512. The van der Waals surface area contributed by atoms with Gasteiger partial charge in [0.2, 0.25) is 0 Å². The van der Waals surface area contributed by atoms with Gasteiger partial charge in [0.15, 0.2) is 0 Å². The molecule has 0 radical (unpaired) electrons. The molecule has 2 nitrogen and oxygen atoms in total. The van der Waals surface area contributed by atoms with Crippen LogP contribution < -0.4 is 0 Å². The van der Waals surface area contributed by atoms with E-state index in [0.717, 1.165) is 33.8 Å². The summed E-state index contributed by atoms with van der Waals surface area (Å²) < 4.78 is 26.8. The fourth-order valence-corrected chi connectivity index (χ4v) is 3.01. The molecule has 4 rings (SSSR count). The molecule has 3 aromatic carbocycles. The first kappa shape index (κ1) is 16.2. The van der Waals surface area contributed by atoms with E-state index in [2.05, 4.69) is 10.2 Å². The molecule has 0 spiro atoms. The highest BCUT2D eigenvalue weighted by atomic mass is 19.1. The van der Waals surface area contributed by atoms with Gasteiger partial charge in [0.1, 0.15) is 11.6 Å². The van der Waals surface area contributed by atoms with Crippen LogP contribution in [0.15, 0.2) is 66.7 Å². The first-order valence-corrected chi connectivity index (χ1v) is 8.32. The first-order chi connectivity index (χ1) is 12.7. The Hall–Kier alpha value is -3.27. The highest BCUT2D eigenvalue weighted by Gasteiger charge is 2.06. The lowest BCUT2D eigenvalue weighted by atomic mass is 10.0. The standard InChI is InChI=1S/C22H16F2N2/c23-18-11-17(12-19(24)14-18)10-16-7-9-22-20(13-16)21(25-26-22)8-6-15-4-2-1-3-5-15/h1-9,11-14H,10H2,(H,25,26)/b8-6+. The summed E-state index contributed by atoms with van der Waals surface area (Å²) in [6, 6.07) is 19.5. The van der Waals surface area contributed by atoms with Crippen LogP contribution in [0.1, 0.15) is 22.4 Å². The van der Waals surface area contributed by atoms with E-state index in [-0.39, 0.29) is 0 Å². The molecule has 128 valence electrons. The second kappa shape index (κ2) is 6.92. The summed E-state index contributed by atoms with van der Waals surface area (Å²) in [4.78, 5) is 0. The summed E-state index contributed by atoms with van der Waals surface area (Å²) in [6.07, 6.45) is 4.42. The Morgan fingerprint density at radius 2 is 1.58 bits per heavy atom. The van der Waals surface area contributed by atoms with Crippen LogP contribution in [0.5, 0.6) is 0 Å². The predicted molar refractivity (Wildman–Crippen MR) is 101 cm³/mol. The van der Waals surface area contributed by atoms with Crippen LogP contribution in [0.3, 0.4) is 0 Å². The molecule has 1 heterocycles. The summed E-state index contributed by atoms with van der Waals surface area (Å²) in [6.45, 7) is 0. The van der Waals surface area contributed by atoms with Gasteiger partial charge in [-0.2, -0.15) is 5.10 Å². The third kappa shape index (κ3) is 3.54. The van der Waals surface area contributed by atoms with Crippen LogP contribution in [-0.4, -0.2) is 10.2 Å². The number of halogens is 2. The molecule has 0 atom stereocenters. The Balaban J connectivity index is 1.65. The van der Waals surface area contributed by atoms with Gasteiger partial charge in [-0.05, 0) is 53.5 Å². The predicted octanol–water partition coefficient (Wildman–Crippen LogP) is 5.60. The minimum absolute atomic E-state index is 0.456. The van der Waals surface area contributed by atoms with Gasteiger partial charge in [0.05, 0.1) is 11.2 Å². The van der Waals surface area contributed by atoms with E-state index >= 15 is 0 Å². The zero-order chi connectivity index (χ0) is 17.9. The van der Waals surface area contributed by atoms with Gasteiger partial charge in [-0.25, -0.2) is 8.78 Å². The second-order valence-corrected chi connectivity index (χ2v) is 6.19. The highest BCUT2D eigenvalue weighted by molar-refractivity contribution is 5.89. The van der Waals surface area contributed by atoms with Crippen molar-refractivity contribution in [1.29, 1.82) is 0 Å². The summed E-state index contributed by atoms with van der Waals surface area (Å²) in [5.74, 6) is -1.12. The number of fused-ring (bicyclic) bond motifs is 1. The Labute approximate surface area is 149 Å². The number of nitrogens with one attached hydrogen (secondary N) is 1. The van der Waals surface area contributed by atoms with E-state index in [0.29, 0.717) is 12.0 Å². The van der Waals surface area contributed by atoms with Crippen LogP contribution >= 0.6 is 0 Å². The highest BCUT2D eigenvalue weighted by Crippen LogP contribution is 2.22. The number of rotatable bonds is 4. The zero-order valence-electron chi connectivity index (χ0n) is 13.9. The molecule has 0 aliphatic rings. The average molecular weight is 346 g/mol. The van der Waals surface area contributed by atoms with Crippen molar-refractivity contribution in [2.45, 2.75) is 6.42 Å². The molecule has 0 saturated heterocycles. The summed E-state index contributed by atoms with van der Waals surface area (Å²) >= 11 is 0. The van der Waals surface area contributed by atoms with Gasteiger partial charge in [0, 0.05) is 11.5 Å². The van der Waals surface area contributed by atoms with E-state index in [4.69, 9.17) is 0 Å². The van der Waals surface area contributed by atoms with Crippen LogP contribution in [0, 0.1) is 11.6 Å². The van der Waals surface area contributed by atoms with Crippen LogP contribution in [0.4, 0.5) is 8.78 Å². The largest absolute Gasteiger partial charge is 0.277 e. The Bertz CT molecular complexity index is 1060. The second-order valence-electron chi connectivity index (χ2n) is 6.19. The van der Waals surface area contributed by atoms with E-state index < -0.39 is 11.6 Å². The lowest BCUT2D eigenvalue weighted by Crippen LogP contribution is -1.91. The van der Waals surface area contributed by atoms with E-state index in [1.165, 1.54) is 12.1 Å². The molecule has 1 N–H and O–H groups in total. The number of hydrogen-bond donors (Lipinski definition) is 1. The van der Waals surface area contributed by atoms with Crippen molar-refractivity contribution in [3.05, 3.63) is 101 Å². The van der Waals surface area contributed by atoms with Crippen molar-refractivity contribution in [2.75, 3.05) is 0 Å². The first-order valence-electron chi connectivity index (χ1n) is 8.32. The van der Waals surface area contributed by atoms with Crippen molar-refractivity contribution in [3.8, 4) is 0 Å². The number of hydrogen-bond acceptors (Lipinski definition) is 1. The third-order valence-electron chi connectivity index (χ3n) is 4.22. The van der Waals surface area contributed by atoms with Crippen molar-refractivity contribution >= 4 is 23.1 Å². The molecule has 0 bridgehead atoms. The summed E-state index contributed by atoms with van der Waals surface area (Å²) in [5, 5.41) is 8.35. The van der Waals surface area contributed by atoms with Gasteiger partial charge >= 0.3 is 0 Å². The maximum atomic E-state index is 13.4. The van der Waals surface area contributed by atoms with Crippen molar-refractivity contribution in [1.82, 2.24) is 10.2 Å². The van der Waals surface area contributed by atoms with Crippen molar-refractivity contribution in [3.63, 3.8) is 0 Å². The molecule has 0 saturated carbocycles. The van der Waals surface area contributed by atoms with E-state index in [1.54, 1.807) is 0 Å². The lowest BCUT2D eigenvalue weighted by molar-refractivity contribution is 0.580. The molecule has 1 aromatic heterocycles. The number of nitrogens with zero attached hydrogens (tertiary/aromatic N) is 1. The number of benzene rings is 3. The molecule has 0 aliphatic carbocycles. The molecule has 4 aromatic rings. The molecule has 0 unspecified atom stereocenters. The fourth-order valence-electron chi connectivity index (χ4n) is 3.01. The smallest absolute Gasteiger partial charge is 0.126 e. The summed E-state index contributed by atoms with van der Waals surface area (Å²) in [7, 11) is 0. The molecular weight excluding hydrogens is 330 g/mol. The monoisotopic (exact) mass is 346 g/mol. The van der Waals surface area contributed by atoms with E-state index in [9.17, 15) is 8.78 Å². The van der Waals surface area contributed by atoms with Gasteiger partial charge in [-0.3, -0.25) is 5.10 Å². The molecule has 26 heavy (non-hydrogen) atoms. The molecule has 0 aliphatic heterocycles. The summed E-state index contributed by atoms with van der Waals surface area (Å²) in [5.41, 5.74) is 4.42. The van der Waals surface area contributed by atoms with Gasteiger partial charge < -0.3 is 0 Å². The topological polar surface area (TPSA) is 28.7 Å².